The molecule has 1 amide bonds. The molecule has 94 valence electrons. The number of carbonyl (C=O) groups is 1. The summed E-state index contributed by atoms with van der Waals surface area (Å²) < 4.78 is 18.4. The number of halogens is 1. The molecule has 0 aliphatic carbocycles. The van der Waals surface area contributed by atoms with Gasteiger partial charge in [-0.05, 0) is 39.8 Å². The highest BCUT2D eigenvalue weighted by Gasteiger charge is 2.18. The van der Waals surface area contributed by atoms with Gasteiger partial charge < -0.3 is 9.84 Å². The minimum atomic E-state index is -0.751. The van der Waals surface area contributed by atoms with Crippen molar-refractivity contribution in [2.75, 3.05) is 5.32 Å². The van der Waals surface area contributed by atoms with Crippen molar-refractivity contribution in [2.45, 2.75) is 33.3 Å². The van der Waals surface area contributed by atoms with E-state index in [0.29, 0.717) is 0 Å². The topological polar surface area (TPSA) is 58.6 Å². The molecule has 0 saturated heterocycles. The minimum Gasteiger partial charge on any atom is -0.505 e. The fourth-order valence-corrected chi connectivity index (χ4v) is 1.22. The van der Waals surface area contributed by atoms with E-state index in [1.54, 1.807) is 20.8 Å². The lowest BCUT2D eigenvalue weighted by atomic mass is 10.2. The Labute approximate surface area is 99.4 Å². The Hall–Kier alpha value is -1.78. The Kier molecular flexibility index (Phi) is 3.60. The molecular formula is C12H16FNO3. The summed E-state index contributed by atoms with van der Waals surface area (Å²) in [6.45, 7) is 6.66. The average Bonchev–Trinajstić information content (AvgIpc) is 2.16. The number of benzene rings is 1. The molecule has 0 bridgehead atoms. The van der Waals surface area contributed by atoms with Gasteiger partial charge in [0.1, 0.15) is 5.60 Å². The Morgan fingerprint density at radius 3 is 2.53 bits per heavy atom. The summed E-state index contributed by atoms with van der Waals surface area (Å²) in [6, 6.07) is 2.59. The second-order valence-electron chi connectivity index (χ2n) is 4.70. The molecule has 0 atom stereocenters. The van der Waals surface area contributed by atoms with Crippen LogP contribution in [-0.2, 0) is 4.74 Å². The van der Waals surface area contributed by atoms with E-state index in [-0.39, 0.29) is 11.3 Å². The molecule has 1 aromatic carbocycles. The molecule has 0 spiro atoms. The third-order valence-electron chi connectivity index (χ3n) is 2.00. The van der Waals surface area contributed by atoms with Gasteiger partial charge in [-0.1, -0.05) is 0 Å². The molecule has 1 rings (SSSR count). The number of hydrogen-bond donors (Lipinski definition) is 2. The van der Waals surface area contributed by atoms with Crippen LogP contribution in [-0.4, -0.2) is 16.8 Å². The van der Waals surface area contributed by atoms with Gasteiger partial charge in [0.15, 0.2) is 11.6 Å². The first-order valence-corrected chi connectivity index (χ1v) is 5.19. The smallest absolute Gasteiger partial charge is 0.412 e. The zero-order chi connectivity index (χ0) is 13.2. The van der Waals surface area contributed by atoms with Crippen LogP contribution in [0.15, 0.2) is 12.1 Å². The third-order valence-corrected chi connectivity index (χ3v) is 2.00. The molecule has 0 heterocycles. The number of ether oxygens (including phenoxy) is 1. The van der Waals surface area contributed by atoms with Gasteiger partial charge in [0.2, 0.25) is 0 Å². The van der Waals surface area contributed by atoms with Gasteiger partial charge in [-0.25, -0.2) is 9.18 Å². The van der Waals surface area contributed by atoms with Crippen molar-refractivity contribution in [1.29, 1.82) is 0 Å². The predicted octanol–water partition coefficient (Wildman–Crippen LogP) is 3.19. The fraction of sp³-hybridized carbons (Fsp3) is 0.417. The van der Waals surface area contributed by atoms with Crippen LogP contribution in [0.1, 0.15) is 26.3 Å². The highest BCUT2D eigenvalue weighted by atomic mass is 19.1. The van der Waals surface area contributed by atoms with Crippen molar-refractivity contribution in [1.82, 2.24) is 0 Å². The molecule has 5 heteroatoms. The van der Waals surface area contributed by atoms with E-state index in [1.165, 1.54) is 19.1 Å². The highest BCUT2D eigenvalue weighted by molar-refractivity contribution is 5.86. The molecule has 2 N–H and O–H groups in total. The van der Waals surface area contributed by atoms with Gasteiger partial charge in [0.25, 0.3) is 0 Å². The second kappa shape index (κ2) is 4.61. The Balaban J connectivity index is 2.83. The number of rotatable bonds is 1. The van der Waals surface area contributed by atoms with Crippen molar-refractivity contribution in [3.63, 3.8) is 0 Å². The van der Waals surface area contributed by atoms with Crippen molar-refractivity contribution in [2.24, 2.45) is 0 Å². The Bertz CT molecular complexity index is 438. The van der Waals surface area contributed by atoms with E-state index in [1.807, 2.05) is 0 Å². The first-order valence-electron chi connectivity index (χ1n) is 5.19. The zero-order valence-corrected chi connectivity index (χ0v) is 10.3. The Morgan fingerprint density at radius 2 is 2.00 bits per heavy atom. The maximum Gasteiger partial charge on any atom is 0.412 e. The van der Waals surface area contributed by atoms with E-state index in [0.717, 1.165) is 0 Å². The standard InChI is InChI=1S/C12H16FNO3/c1-7-8(5-6-9(15)10(7)13)14-11(16)17-12(2,3)4/h5-6,15H,1-4H3,(H,14,16). The number of amides is 1. The molecule has 0 aromatic heterocycles. The van der Waals surface area contributed by atoms with Crippen LogP contribution < -0.4 is 5.32 Å². The zero-order valence-electron chi connectivity index (χ0n) is 10.3. The summed E-state index contributed by atoms with van der Waals surface area (Å²) in [5, 5.41) is 11.5. The summed E-state index contributed by atoms with van der Waals surface area (Å²) in [5.74, 6) is -1.20. The van der Waals surface area contributed by atoms with Gasteiger partial charge in [0, 0.05) is 5.56 Å². The highest BCUT2D eigenvalue weighted by Crippen LogP contribution is 2.25. The summed E-state index contributed by atoms with van der Waals surface area (Å²) >= 11 is 0. The lowest BCUT2D eigenvalue weighted by Crippen LogP contribution is -2.27. The fourth-order valence-electron chi connectivity index (χ4n) is 1.22. The van der Waals surface area contributed by atoms with Crippen molar-refractivity contribution in [3.05, 3.63) is 23.5 Å². The number of nitrogens with one attached hydrogen (secondary N) is 1. The third kappa shape index (κ3) is 3.62. The average molecular weight is 241 g/mol. The molecule has 17 heavy (non-hydrogen) atoms. The number of aromatic hydroxyl groups is 1. The lowest BCUT2D eigenvalue weighted by Gasteiger charge is -2.20. The molecule has 0 aliphatic rings. The lowest BCUT2D eigenvalue weighted by molar-refractivity contribution is 0.0635. The van der Waals surface area contributed by atoms with E-state index in [4.69, 9.17) is 9.84 Å². The quantitative estimate of drug-likeness (QED) is 0.742. The number of anilines is 1. The van der Waals surface area contributed by atoms with E-state index >= 15 is 0 Å². The van der Waals surface area contributed by atoms with E-state index in [9.17, 15) is 9.18 Å². The van der Waals surface area contributed by atoms with Crippen LogP contribution in [0.5, 0.6) is 5.75 Å². The summed E-state index contributed by atoms with van der Waals surface area (Å²) in [5.41, 5.74) is -0.182. The maximum absolute atomic E-state index is 13.3. The molecule has 0 aliphatic heterocycles. The molecule has 0 unspecified atom stereocenters. The SMILES string of the molecule is Cc1c(NC(=O)OC(C)(C)C)ccc(O)c1F. The molecule has 0 radical (unpaired) electrons. The second-order valence-corrected chi connectivity index (χ2v) is 4.70. The summed E-state index contributed by atoms with van der Waals surface area (Å²) in [4.78, 5) is 11.5. The Morgan fingerprint density at radius 1 is 1.41 bits per heavy atom. The van der Waals surface area contributed by atoms with Gasteiger partial charge in [-0.2, -0.15) is 0 Å². The van der Waals surface area contributed by atoms with Gasteiger partial charge >= 0.3 is 6.09 Å². The summed E-state index contributed by atoms with van der Waals surface area (Å²) in [7, 11) is 0. The van der Waals surface area contributed by atoms with Crippen LogP contribution in [0.3, 0.4) is 0 Å². The van der Waals surface area contributed by atoms with Gasteiger partial charge in [-0.15, -0.1) is 0 Å². The number of phenols is 1. The number of carbonyl (C=O) groups excluding carboxylic acids is 1. The number of phenolic OH excluding ortho intramolecular Hbond substituents is 1. The minimum absolute atomic E-state index is 0.163. The largest absolute Gasteiger partial charge is 0.505 e. The maximum atomic E-state index is 13.3. The van der Waals surface area contributed by atoms with Crippen LogP contribution in [0.25, 0.3) is 0 Å². The van der Waals surface area contributed by atoms with E-state index < -0.39 is 23.3 Å². The van der Waals surface area contributed by atoms with Crippen LogP contribution in [0, 0.1) is 12.7 Å². The van der Waals surface area contributed by atoms with Crippen LogP contribution in [0.4, 0.5) is 14.9 Å². The molecular weight excluding hydrogens is 225 g/mol. The van der Waals surface area contributed by atoms with Crippen molar-refractivity contribution >= 4 is 11.8 Å². The molecule has 0 saturated carbocycles. The van der Waals surface area contributed by atoms with Crippen molar-refractivity contribution in [3.8, 4) is 5.75 Å². The molecule has 1 aromatic rings. The first kappa shape index (κ1) is 13.3. The van der Waals surface area contributed by atoms with E-state index in [2.05, 4.69) is 5.32 Å². The first-order chi connectivity index (χ1) is 7.70. The van der Waals surface area contributed by atoms with Gasteiger partial charge in [-0.3, -0.25) is 5.32 Å². The molecule has 0 fully saturated rings. The van der Waals surface area contributed by atoms with Crippen LogP contribution in [0.2, 0.25) is 0 Å². The van der Waals surface area contributed by atoms with Crippen LogP contribution >= 0.6 is 0 Å². The summed E-state index contributed by atoms with van der Waals surface area (Å²) in [6.07, 6.45) is -0.661. The monoisotopic (exact) mass is 241 g/mol. The molecule has 4 nitrogen and oxygen atoms in total. The van der Waals surface area contributed by atoms with Crippen molar-refractivity contribution < 1.29 is 19.0 Å². The normalized spacial score (nSPS) is 11.1. The van der Waals surface area contributed by atoms with Gasteiger partial charge in [0.05, 0.1) is 5.69 Å². The number of hydrogen-bond acceptors (Lipinski definition) is 3. The predicted molar refractivity (Wildman–Crippen MR) is 62.7 cm³/mol.